The number of carbonyl (C=O) groups excluding carboxylic acids is 1. The smallest absolute Gasteiger partial charge is 0.323 e. The SMILES string of the molecule is CNC(=O)N(C)c1nc(NC)nc(N(C)C)n1. The van der Waals surface area contributed by atoms with Crippen LogP contribution >= 0.6 is 0 Å². The standard InChI is InChI=1S/C9H17N7O/c1-10-6-12-7(15(3)4)14-8(13-6)16(5)9(17)11-2/h1-5H3,(H,11,17)(H,10,12,13,14). The number of aromatic nitrogens is 3. The number of urea groups is 1. The minimum atomic E-state index is -0.289. The average Bonchev–Trinajstić information content (AvgIpc) is 2.36. The Morgan fingerprint density at radius 2 is 1.65 bits per heavy atom. The highest BCUT2D eigenvalue weighted by Gasteiger charge is 2.15. The zero-order valence-electron chi connectivity index (χ0n) is 10.6. The molecule has 8 heteroatoms. The maximum atomic E-state index is 11.5. The summed E-state index contributed by atoms with van der Waals surface area (Å²) in [6.07, 6.45) is 0. The first-order valence-corrected chi connectivity index (χ1v) is 5.06. The lowest BCUT2D eigenvalue weighted by Crippen LogP contribution is -2.36. The van der Waals surface area contributed by atoms with Crippen molar-refractivity contribution in [2.24, 2.45) is 0 Å². The third-order valence-electron chi connectivity index (χ3n) is 2.05. The monoisotopic (exact) mass is 239 g/mol. The van der Waals surface area contributed by atoms with Crippen LogP contribution in [-0.4, -0.2) is 56.2 Å². The molecule has 0 unspecified atom stereocenters. The second-order valence-corrected chi connectivity index (χ2v) is 3.52. The van der Waals surface area contributed by atoms with E-state index in [1.165, 1.54) is 4.90 Å². The molecule has 2 N–H and O–H groups in total. The predicted octanol–water partition coefficient (Wildman–Crippen LogP) is -0.245. The lowest BCUT2D eigenvalue weighted by molar-refractivity contribution is 0.249. The number of nitrogens with one attached hydrogen (secondary N) is 2. The molecule has 0 aliphatic rings. The van der Waals surface area contributed by atoms with Crippen molar-refractivity contribution in [1.29, 1.82) is 0 Å². The number of hydrogen-bond acceptors (Lipinski definition) is 6. The molecule has 0 bridgehead atoms. The third-order valence-corrected chi connectivity index (χ3v) is 2.05. The third kappa shape index (κ3) is 2.92. The van der Waals surface area contributed by atoms with Crippen molar-refractivity contribution in [3.05, 3.63) is 0 Å². The van der Waals surface area contributed by atoms with Crippen LogP contribution in [0.3, 0.4) is 0 Å². The largest absolute Gasteiger partial charge is 0.357 e. The number of anilines is 3. The van der Waals surface area contributed by atoms with Crippen LogP contribution in [0, 0.1) is 0 Å². The van der Waals surface area contributed by atoms with E-state index in [0.717, 1.165) is 0 Å². The predicted molar refractivity (Wildman–Crippen MR) is 66.6 cm³/mol. The van der Waals surface area contributed by atoms with Gasteiger partial charge in [0.25, 0.3) is 0 Å². The molecule has 0 spiro atoms. The molecule has 1 aromatic rings. The molecule has 0 saturated heterocycles. The van der Waals surface area contributed by atoms with Gasteiger partial charge >= 0.3 is 6.03 Å². The van der Waals surface area contributed by atoms with Gasteiger partial charge in [-0.15, -0.1) is 0 Å². The van der Waals surface area contributed by atoms with Crippen LogP contribution in [0.1, 0.15) is 0 Å². The Labute approximate surface area is 100 Å². The van der Waals surface area contributed by atoms with Crippen LogP contribution in [-0.2, 0) is 0 Å². The molecule has 0 fully saturated rings. The van der Waals surface area contributed by atoms with Crippen molar-refractivity contribution >= 4 is 23.9 Å². The zero-order chi connectivity index (χ0) is 13.0. The highest BCUT2D eigenvalue weighted by molar-refractivity contribution is 5.89. The topological polar surface area (TPSA) is 86.3 Å². The highest BCUT2D eigenvalue weighted by atomic mass is 16.2. The maximum Gasteiger partial charge on any atom is 0.323 e. The number of rotatable bonds is 3. The number of amides is 2. The number of nitrogens with zero attached hydrogens (tertiary/aromatic N) is 5. The molecular weight excluding hydrogens is 222 g/mol. The van der Waals surface area contributed by atoms with E-state index in [0.29, 0.717) is 11.9 Å². The van der Waals surface area contributed by atoms with Gasteiger partial charge in [0.1, 0.15) is 0 Å². The van der Waals surface area contributed by atoms with Gasteiger partial charge in [-0.25, -0.2) is 4.79 Å². The Kier molecular flexibility index (Phi) is 4.02. The highest BCUT2D eigenvalue weighted by Crippen LogP contribution is 2.13. The minimum Gasteiger partial charge on any atom is -0.357 e. The molecule has 1 heterocycles. The summed E-state index contributed by atoms with van der Waals surface area (Å²) < 4.78 is 0. The Hall–Kier alpha value is -2.12. The average molecular weight is 239 g/mol. The van der Waals surface area contributed by atoms with Crippen molar-refractivity contribution in [3.8, 4) is 0 Å². The van der Waals surface area contributed by atoms with Crippen molar-refractivity contribution in [2.45, 2.75) is 0 Å². The summed E-state index contributed by atoms with van der Waals surface area (Å²) in [5.74, 6) is 1.18. The Balaban J connectivity index is 3.14. The van der Waals surface area contributed by atoms with Gasteiger partial charge in [-0.1, -0.05) is 0 Å². The summed E-state index contributed by atoms with van der Waals surface area (Å²) >= 11 is 0. The van der Waals surface area contributed by atoms with Crippen LogP contribution in [0.5, 0.6) is 0 Å². The second-order valence-electron chi connectivity index (χ2n) is 3.52. The fourth-order valence-corrected chi connectivity index (χ4v) is 1.07. The van der Waals surface area contributed by atoms with E-state index in [1.807, 2.05) is 14.1 Å². The molecule has 1 rings (SSSR count). The summed E-state index contributed by atoms with van der Waals surface area (Å²) in [4.78, 5) is 27.0. The molecule has 0 aliphatic heterocycles. The van der Waals surface area contributed by atoms with E-state index in [1.54, 1.807) is 26.0 Å². The summed E-state index contributed by atoms with van der Waals surface area (Å²) in [6, 6.07) is -0.289. The van der Waals surface area contributed by atoms with E-state index in [9.17, 15) is 4.79 Å². The van der Waals surface area contributed by atoms with Gasteiger partial charge in [-0.05, 0) is 0 Å². The van der Waals surface area contributed by atoms with Crippen molar-refractivity contribution in [3.63, 3.8) is 0 Å². The molecule has 94 valence electrons. The fraction of sp³-hybridized carbons (Fsp3) is 0.556. The van der Waals surface area contributed by atoms with Crippen LogP contribution in [0.4, 0.5) is 22.6 Å². The summed E-state index contributed by atoms with van der Waals surface area (Å²) in [5, 5.41) is 5.33. The molecule has 0 atom stereocenters. The lowest BCUT2D eigenvalue weighted by Gasteiger charge is -2.17. The quantitative estimate of drug-likeness (QED) is 0.756. The first-order valence-electron chi connectivity index (χ1n) is 5.06. The van der Waals surface area contributed by atoms with Gasteiger partial charge in [-0.3, -0.25) is 4.90 Å². The van der Waals surface area contributed by atoms with Gasteiger partial charge < -0.3 is 15.5 Å². The number of hydrogen-bond donors (Lipinski definition) is 2. The minimum absolute atomic E-state index is 0.285. The van der Waals surface area contributed by atoms with Gasteiger partial charge in [0.05, 0.1) is 0 Å². The zero-order valence-corrected chi connectivity index (χ0v) is 10.6. The molecule has 2 amide bonds. The van der Waals surface area contributed by atoms with Gasteiger partial charge in [0.2, 0.25) is 17.8 Å². The molecule has 0 saturated carbocycles. The lowest BCUT2D eigenvalue weighted by atomic mass is 10.7. The number of carbonyl (C=O) groups is 1. The Morgan fingerprint density at radius 1 is 1.06 bits per heavy atom. The second kappa shape index (κ2) is 5.28. The van der Waals surface area contributed by atoms with E-state index >= 15 is 0 Å². The molecule has 0 aromatic carbocycles. The van der Waals surface area contributed by atoms with Crippen molar-refractivity contribution < 1.29 is 4.79 Å². The van der Waals surface area contributed by atoms with E-state index in [4.69, 9.17) is 0 Å². The summed E-state index contributed by atoms with van der Waals surface area (Å²) in [6.45, 7) is 0. The van der Waals surface area contributed by atoms with E-state index in [-0.39, 0.29) is 12.0 Å². The summed E-state index contributed by atoms with van der Waals surface area (Å²) in [5.41, 5.74) is 0. The Bertz CT molecular complexity index is 406. The molecule has 0 radical (unpaired) electrons. The van der Waals surface area contributed by atoms with Crippen LogP contribution in [0.25, 0.3) is 0 Å². The summed E-state index contributed by atoms with van der Waals surface area (Å²) in [7, 11) is 8.48. The first-order chi connectivity index (χ1) is 7.99. The molecule has 8 nitrogen and oxygen atoms in total. The first kappa shape index (κ1) is 12.9. The Morgan fingerprint density at radius 3 is 2.12 bits per heavy atom. The van der Waals surface area contributed by atoms with Crippen LogP contribution in [0.2, 0.25) is 0 Å². The fourth-order valence-electron chi connectivity index (χ4n) is 1.07. The van der Waals surface area contributed by atoms with Gasteiger partial charge in [0.15, 0.2) is 0 Å². The molecule has 0 aliphatic carbocycles. The van der Waals surface area contributed by atoms with Gasteiger partial charge in [-0.2, -0.15) is 15.0 Å². The van der Waals surface area contributed by atoms with Crippen molar-refractivity contribution in [1.82, 2.24) is 20.3 Å². The maximum absolute atomic E-state index is 11.5. The van der Waals surface area contributed by atoms with Crippen molar-refractivity contribution in [2.75, 3.05) is 50.4 Å². The van der Waals surface area contributed by atoms with Crippen LogP contribution in [0.15, 0.2) is 0 Å². The molecule has 1 aromatic heterocycles. The van der Waals surface area contributed by atoms with E-state index in [2.05, 4.69) is 25.6 Å². The normalized spacial score (nSPS) is 9.71. The van der Waals surface area contributed by atoms with Crippen LogP contribution < -0.4 is 20.4 Å². The van der Waals surface area contributed by atoms with E-state index < -0.39 is 0 Å². The molecule has 17 heavy (non-hydrogen) atoms. The molecular formula is C9H17N7O. The van der Waals surface area contributed by atoms with Gasteiger partial charge in [0, 0.05) is 35.2 Å².